The van der Waals surface area contributed by atoms with E-state index >= 15 is 0 Å². The van der Waals surface area contributed by atoms with Gasteiger partial charge in [0.15, 0.2) is 0 Å². The first-order valence-corrected chi connectivity index (χ1v) is 8.13. The summed E-state index contributed by atoms with van der Waals surface area (Å²) in [6, 6.07) is 14.5. The molecule has 4 heteroatoms. The lowest BCUT2D eigenvalue weighted by Gasteiger charge is -2.10. The third-order valence-electron chi connectivity index (χ3n) is 4.36. The second kappa shape index (κ2) is 6.76. The number of aromatic nitrogens is 2. The second-order valence-electron chi connectivity index (χ2n) is 6.01. The fraction of sp³-hybridized carbons (Fsp3) is 0.300. The monoisotopic (exact) mass is 319 g/mol. The van der Waals surface area contributed by atoms with Crippen molar-refractivity contribution in [2.75, 3.05) is 7.11 Å². The standard InChI is InChI=1S/C20H21N3O/c1-14-11-18-19(12-15(14)2)23(10-5-4-9-21)20(22-18)16-7-6-8-17(13-16)24-3/h6-8,11-13H,4-5,10H2,1-3H3. The van der Waals surface area contributed by atoms with Crippen LogP contribution in [0.1, 0.15) is 24.0 Å². The minimum atomic E-state index is 0.544. The Labute approximate surface area is 142 Å². The lowest BCUT2D eigenvalue weighted by molar-refractivity contribution is 0.415. The fourth-order valence-corrected chi connectivity index (χ4v) is 2.91. The maximum absolute atomic E-state index is 8.85. The molecular weight excluding hydrogens is 298 g/mol. The van der Waals surface area contributed by atoms with Gasteiger partial charge in [0.2, 0.25) is 0 Å². The smallest absolute Gasteiger partial charge is 0.141 e. The molecule has 24 heavy (non-hydrogen) atoms. The van der Waals surface area contributed by atoms with Gasteiger partial charge in [-0.15, -0.1) is 0 Å². The van der Waals surface area contributed by atoms with Crippen molar-refractivity contribution in [3.63, 3.8) is 0 Å². The van der Waals surface area contributed by atoms with Gasteiger partial charge in [0.1, 0.15) is 11.6 Å². The molecule has 3 aromatic rings. The molecular formula is C20H21N3O. The van der Waals surface area contributed by atoms with Gasteiger partial charge in [0.25, 0.3) is 0 Å². The molecule has 0 aliphatic rings. The summed E-state index contributed by atoms with van der Waals surface area (Å²) < 4.78 is 7.56. The molecule has 0 aliphatic carbocycles. The predicted molar refractivity (Wildman–Crippen MR) is 96.0 cm³/mol. The van der Waals surface area contributed by atoms with Crippen molar-refractivity contribution in [3.05, 3.63) is 47.5 Å². The summed E-state index contributed by atoms with van der Waals surface area (Å²) in [5.41, 5.74) is 5.63. The summed E-state index contributed by atoms with van der Waals surface area (Å²) in [5, 5.41) is 8.85. The molecule has 2 aromatic carbocycles. The molecule has 0 radical (unpaired) electrons. The van der Waals surface area contributed by atoms with Crippen LogP contribution in [0.4, 0.5) is 0 Å². The molecule has 0 amide bonds. The number of hydrogen-bond donors (Lipinski definition) is 0. The molecule has 0 unspecified atom stereocenters. The highest BCUT2D eigenvalue weighted by molar-refractivity contribution is 5.82. The largest absolute Gasteiger partial charge is 0.497 e. The molecule has 0 spiro atoms. The van der Waals surface area contributed by atoms with Gasteiger partial charge >= 0.3 is 0 Å². The van der Waals surface area contributed by atoms with Gasteiger partial charge in [-0.25, -0.2) is 4.98 Å². The highest BCUT2D eigenvalue weighted by Gasteiger charge is 2.14. The van der Waals surface area contributed by atoms with Crippen molar-refractivity contribution in [1.82, 2.24) is 9.55 Å². The first kappa shape index (κ1) is 16.1. The van der Waals surface area contributed by atoms with Gasteiger partial charge in [-0.1, -0.05) is 12.1 Å². The third kappa shape index (κ3) is 2.98. The number of aryl methyl sites for hydroxylation is 3. The number of rotatable bonds is 5. The van der Waals surface area contributed by atoms with Crippen LogP contribution >= 0.6 is 0 Å². The summed E-state index contributed by atoms with van der Waals surface area (Å²) >= 11 is 0. The maximum Gasteiger partial charge on any atom is 0.141 e. The number of unbranched alkanes of at least 4 members (excludes halogenated alkanes) is 1. The van der Waals surface area contributed by atoms with E-state index in [4.69, 9.17) is 15.0 Å². The zero-order chi connectivity index (χ0) is 17.1. The maximum atomic E-state index is 8.85. The molecule has 0 aliphatic heterocycles. The predicted octanol–water partition coefficient (Wildman–Crippen LogP) is 4.63. The van der Waals surface area contributed by atoms with Crippen molar-refractivity contribution in [2.24, 2.45) is 0 Å². The summed E-state index contributed by atoms with van der Waals surface area (Å²) in [7, 11) is 1.67. The van der Waals surface area contributed by atoms with Crippen molar-refractivity contribution in [3.8, 4) is 23.2 Å². The number of hydrogen-bond acceptors (Lipinski definition) is 3. The second-order valence-corrected chi connectivity index (χ2v) is 6.01. The molecule has 4 nitrogen and oxygen atoms in total. The third-order valence-corrected chi connectivity index (χ3v) is 4.36. The van der Waals surface area contributed by atoms with E-state index in [1.807, 2.05) is 24.3 Å². The van der Waals surface area contributed by atoms with E-state index in [0.29, 0.717) is 6.42 Å². The zero-order valence-electron chi connectivity index (χ0n) is 14.3. The van der Waals surface area contributed by atoms with Crippen LogP contribution in [0.5, 0.6) is 5.75 Å². The lowest BCUT2D eigenvalue weighted by atomic mass is 10.1. The average molecular weight is 319 g/mol. The van der Waals surface area contributed by atoms with E-state index in [2.05, 4.69) is 36.6 Å². The van der Waals surface area contributed by atoms with Crippen LogP contribution in [0, 0.1) is 25.2 Å². The highest BCUT2D eigenvalue weighted by Crippen LogP contribution is 2.29. The number of imidazole rings is 1. The Bertz CT molecular complexity index is 919. The number of ether oxygens (including phenoxy) is 1. The summed E-state index contributed by atoms with van der Waals surface area (Å²) in [4.78, 5) is 4.86. The minimum Gasteiger partial charge on any atom is -0.497 e. The van der Waals surface area contributed by atoms with Crippen molar-refractivity contribution in [1.29, 1.82) is 5.26 Å². The van der Waals surface area contributed by atoms with Gasteiger partial charge in [-0.3, -0.25) is 0 Å². The molecule has 0 bridgehead atoms. The molecule has 1 aromatic heterocycles. The van der Waals surface area contributed by atoms with Crippen LogP contribution in [0.25, 0.3) is 22.4 Å². The van der Waals surface area contributed by atoms with Crippen LogP contribution < -0.4 is 4.74 Å². The first-order valence-electron chi connectivity index (χ1n) is 8.13. The van der Waals surface area contributed by atoms with Gasteiger partial charge in [0.05, 0.1) is 24.2 Å². The SMILES string of the molecule is COc1cccc(-c2nc3cc(C)c(C)cc3n2CCCC#N)c1. The van der Waals surface area contributed by atoms with E-state index in [1.165, 1.54) is 11.1 Å². The normalized spacial score (nSPS) is 10.8. The number of benzene rings is 2. The Balaban J connectivity index is 2.17. The van der Waals surface area contributed by atoms with Gasteiger partial charge in [-0.2, -0.15) is 5.26 Å². The van der Waals surface area contributed by atoms with E-state index in [1.54, 1.807) is 7.11 Å². The van der Waals surface area contributed by atoms with Crippen molar-refractivity contribution >= 4 is 11.0 Å². The molecule has 0 N–H and O–H groups in total. The molecule has 0 atom stereocenters. The molecule has 3 rings (SSSR count). The highest BCUT2D eigenvalue weighted by atomic mass is 16.5. The Morgan fingerprint density at radius 2 is 1.96 bits per heavy atom. The minimum absolute atomic E-state index is 0.544. The van der Waals surface area contributed by atoms with Gasteiger partial charge in [-0.05, 0) is 55.7 Å². The lowest BCUT2D eigenvalue weighted by Crippen LogP contribution is -2.01. The number of methoxy groups -OCH3 is 1. The van der Waals surface area contributed by atoms with Crippen molar-refractivity contribution in [2.45, 2.75) is 33.2 Å². The molecule has 0 saturated heterocycles. The molecule has 1 heterocycles. The Morgan fingerprint density at radius 1 is 1.17 bits per heavy atom. The van der Waals surface area contributed by atoms with Gasteiger partial charge in [0, 0.05) is 18.5 Å². The first-order chi connectivity index (χ1) is 11.6. The summed E-state index contributed by atoms with van der Waals surface area (Å²) in [6.45, 7) is 5.00. The van der Waals surface area contributed by atoms with E-state index in [0.717, 1.165) is 41.1 Å². The Hall–Kier alpha value is -2.80. The summed E-state index contributed by atoms with van der Waals surface area (Å²) in [5.74, 6) is 1.74. The van der Waals surface area contributed by atoms with Crippen LogP contribution in [-0.4, -0.2) is 16.7 Å². The van der Waals surface area contributed by atoms with Crippen LogP contribution in [0.3, 0.4) is 0 Å². The molecule has 0 saturated carbocycles. The molecule has 0 fully saturated rings. The zero-order valence-corrected chi connectivity index (χ0v) is 14.3. The van der Waals surface area contributed by atoms with E-state index < -0.39 is 0 Å². The fourth-order valence-electron chi connectivity index (χ4n) is 2.91. The molecule has 122 valence electrons. The topological polar surface area (TPSA) is 50.8 Å². The Morgan fingerprint density at radius 3 is 2.71 bits per heavy atom. The summed E-state index contributed by atoms with van der Waals surface area (Å²) in [6.07, 6.45) is 1.36. The van der Waals surface area contributed by atoms with Crippen LogP contribution in [0.15, 0.2) is 36.4 Å². The average Bonchev–Trinajstić information content (AvgIpc) is 2.93. The van der Waals surface area contributed by atoms with E-state index in [-0.39, 0.29) is 0 Å². The van der Waals surface area contributed by atoms with Crippen LogP contribution in [-0.2, 0) is 6.54 Å². The Kier molecular flexibility index (Phi) is 4.52. The van der Waals surface area contributed by atoms with Crippen LogP contribution in [0.2, 0.25) is 0 Å². The number of nitrogens with zero attached hydrogens (tertiary/aromatic N) is 3. The number of fused-ring (bicyclic) bond motifs is 1. The van der Waals surface area contributed by atoms with E-state index in [9.17, 15) is 0 Å². The number of nitriles is 1. The quantitative estimate of drug-likeness (QED) is 0.644. The van der Waals surface area contributed by atoms with Gasteiger partial charge < -0.3 is 9.30 Å². The van der Waals surface area contributed by atoms with Crippen molar-refractivity contribution < 1.29 is 4.74 Å².